The van der Waals surface area contributed by atoms with Gasteiger partial charge in [-0.2, -0.15) is 0 Å². The summed E-state index contributed by atoms with van der Waals surface area (Å²) in [7, 11) is 0. The standard InChI is InChI=1S/C14H11Cl2N/c15-12-3-1-2-11(14(12)16)9-4-5-13-10(8-9)6-7-17-13/h1-5,8,17H,6-7H2. The van der Waals surface area contributed by atoms with E-state index in [4.69, 9.17) is 23.2 Å². The third-order valence-electron chi connectivity index (χ3n) is 3.08. The van der Waals surface area contributed by atoms with E-state index in [1.165, 1.54) is 11.3 Å². The second-order valence-corrected chi connectivity index (χ2v) is 4.94. The Kier molecular flexibility index (Phi) is 2.73. The molecular formula is C14H11Cl2N. The number of fused-ring (bicyclic) bond motifs is 1. The van der Waals surface area contributed by atoms with Gasteiger partial charge in [-0.25, -0.2) is 0 Å². The van der Waals surface area contributed by atoms with Crippen LogP contribution < -0.4 is 5.32 Å². The topological polar surface area (TPSA) is 12.0 Å². The molecule has 0 atom stereocenters. The summed E-state index contributed by atoms with van der Waals surface area (Å²) >= 11 is 12.3. The Labute approximate surface area is 110 Å². The molecule has 0 aromatic heterocycles. The molecule has 2 aromatic rings. The Morgan fingerprint density at radius 2 is 1.94 bits per heavy atom. The predicted molar refractivity (Wildman–Crippen MR) is 74.1 cm³/mol. The molecule has 0 amide bonds. The molecule has 3 heteroatoms. The third kappa shape index (κ3) is 1.90. The largest absolute Gasteiger partial charge is 0.384 e. The van der Waals surface area contributed by atoms with E-state index in [9.17, 15) is 0 Å². The normalized spacial score (nSPS) is 13.3. The summed E-state index contributed by atoms with van der Waals surface area (Å²) in [5.74, 6) is 0. The zero-order valence-corrected chi connectivity index (χ0v) is 10.6. The molecule has 1 nitrogen and oxygen atoms in total. The summed E-state index contributed by atoms with van der Waals surface area (Å²) in [6.45, 7) is 1.02. The zero-order chi connectivity index (χ0) is 11.8. The predicted octanol–water partition coefficient (Wildman–Crippen LogP) is 4.63. The van der Waals surface area contributed by atoms with Crippen molar-refractivity contribution in [1.29, 1.82) is 0 Å². The Balaban J connectivity index is 2.13. The first-order valence-electron chi connectivity index (χ1n) is 5.57. The molecule has 1 heterocycles. The fourth-order valence-corrected chi connectivity index (χ4v) is 2.61. The van der Waals surface area contributed by atoms with Crippen LogP contribution in [0, 0.1) is 0 Å². The summed E-state index contributed by atoms with van der Waals surface area (Å²) in [5, 5.41) is 4.57. The molecule has 0 unspecified atom stereocenters. The highest BCUT2D eigenvalue weighted by atomic mass is 35.5. The van der Waals surface area contributed by atoms with Gasteiger partial charge in [0.1, 0.15) is 0 Å². The van der Waals surface area contributed by atoms with Crippen LogP contribution >= 0.6 is 23.2 Å². The van der Waals surface area contributed by atoms with Crippen LogP contribution in [0.2, 0.25) is 10.0 Å². The molecule has 0 bridgehead atoms. The smallest absolute Gasteiger partial charge is 0.0670 e. The first-order chi connectivity index (χ1) is 8.25. The highest BCUT2D eigenvalue weighted by molar-refractivity contribution is 6.43. The average Bonchev–Trinajstić information content (AvgIpc) is 2.79. The summed E-state index contributed by atoms with van der Waals surface area (Å²) in [6, 6.07) is 12.1. The maximum Gasteiger partial charge on any atom is 0.0670 e. The van der Waals surface area contributed by atoms with Gasteiger partial charge in [0.2, 0.25) is 0 Å². The van der Waals surface area contributed by atoms with Crippen molar-refractivity contribution in [2.24, 2.45) is 0 Å². The minimum atomic E-state index is 0.600. The van der Waals surface area contributed by atoms with E-state index < -0.39 is 0 Å². The fourth-order valence-electron chi connectivity index (χ4n) is 2.20. The molecule has 17 heavy (non-hydrogen) atoms. The molecule has 0 radical (unpaired) electrons. The maximum absolute atomic E-state index is 6.23. The van der Waals surface area contributed by atoms with Gasteiger partial charge in [0.05, 0.1) is 10.0 Å². The van der Waals surface area contributed by atoms with Gasteiger partial charge in [0.15, 0.2) is 0 Å². The Morgan fingerprint density at radius 1 is 1.06 bits per heavy atom. The van der Waals surface area contributed by atoms with Crippen molar-refractivity contribution in [3.05, 3.63) is 52.0 Å². The Hall–Kier alpha value is -1.18. The highest BCUT2D eigenvalue weighted by Crippen LogP contribution is 2.35. The lowest BCUT2D eigenvalue weighted by Crippen LogP contribution is -1.90. The number of rotatable bonds is 1. The first kappa shape index (κ1) is 10.9. The number of anilines is 1. The van der Waals surface area contributed by atoms with Gasteiger partial charge in [0.25, 0.3) is 0 Å². The lowest BCUT2D eigenvalue weighted by atomic mass is 10.0. The molecule has 3 rings (SSSR count). The van der Waals surface area contributed by atoms with Gasteiger partial charge >= 0.3 is 0 Å². The summed E-state index contributed by atoms with van der Waals surface area (Å²) in [5.41, 5.74) is 4.69. The summed E-state index contributed by atoms with van der Waals surface area (Å²) in [6.07, 6.45) is 1.07. The maximum atomic E-state index is 6.23. The fraction of sp³-hybridized carbons (Fsp3) is 0.143. The van der Waals surface area contributed by atoms with Crippen LogP contribution in [0.25, 0.3) is 11.1 Å². The van der Waals surface area contributed by atoms with E-state index in [1.54, 1.807) is 0 Å². The molecule has 2 aromatic carbocycles. The zero-order valence-electron chi connectivity index (χ0n) is 9.13. The van der Waals surface area contributed by atoms with Crippen LogP contribution in [0.4, 0.5) is 5.69 Å². The summed E-state index contributed by atoms with van der Waals surface area (Å²) in [4.78, 5) is 0. The van der Waals surface area contributed by atoms with Crippen LogP contribution in [-0.2, 0) is 6.42 Å². The average molecular weight is 264 g/mol. The second kappa shape index (κ2) is 4.25. The molecule has 0 spiro atoms. The van der Waals surface area contributed by atoms with Crippen LogP contribution in [0.5, 0.6) is 0 Å². The van der Waals surface area contributed by atoms with Crippen LogP contribution in [0.15, 0.2) is 36.4 Å². The molecule has 86 valence electrons. The number of benzene rings is 2. The van der Waals surface area contributed by atoms with Gasteiger partial charge in [-0.3, -0.25) is 0 Å². The minimum absolute atomic E-state index is 0.600. The van der Waals surface area contributed by atoms with Crippen molar-refractivity contribution in [2.75, 3.05) is 11.9 Å². The van der Waals surface area contributed by atoms with E-state index in [2.05, 4.69) is 23.5 Å². The Morgan fingerprint density at radius 3 is 2.82 bits per heavy atom. The van der Waals surface area contributed by atoms with Gasteiger partial charge in [-0.15, -0.1) is 0 Å². The molecule has 1 N–H and O–H groups in total. The molecular weight excluding hydrogens is 253 g/mol. The number of hydrogen-bond donors (Lipinski definition) is 1. The van der Waals surface area contributed by atoms with Gasteiger partial charge in [-0.1, -0.05) is 41.4 Å². The van der Waals surface area contributed by atoms with Gasteiger partial charge in [-0.05, 0) is 35.7 Å². The van der Waals surface area contributed by atoms with Crippen molar-refractivity contribution in [2.45, 2.75) is 6.42 Å². The SMILES string of the molecule is Clc1cccc(-c2ccc3c(c2)CCN3)c1Cl. The van der Waals surface area contributed by atoms with E-state index in [1.807, 2.05) is 18.2 Å². The van der Waals surface area contributed by atoms with Crippen LogP contribution in [0.3, 0.4) is 0 Å². The van der Waals surface area contributed by atoms with E-state index >= 15 is 0 Å². The first-order valence-corrected chi connectivity index (χ1v) is 6.32. The highest BCUT2D eigenvalue weighted by Gasteiger charge is 2.12. The third-order valence-corrected chi connectivity index (χ3v) is 3.90. The van der Waals surface area contributed by atoms with Gasteiger partial charge < -0.3 is 5.32 Å². The molecule has 0 saturated carbocycles. The molecule has 1 aliphatic rings. The quantitative estimate of drug-likeness (QED) is 0.791. The van der Waals surface area contributed by atoms with Crippen molar-refractivity contribution in [1.82, 2.24) is 0 Å². The molecule has 0 fully saturated rings. The van der Waals surface area contributed by atoms with Crippen molar-refractivity contribution in [3.8, 4) is 11.1 Å². The van der Waals surface area contributed by atoms with Crippen molar-refractivity contribution < 1.29 is 0 Å². The lowest BCUT2D eigenvalue weighted by Gasteiger charge is -2.08. The Bertz CT molecular complexity index is 578. The van der Waals surface area contributed by atoms with E-state index in [0.29, 0.717) is 10.0 Å². The summed E-state index contributed by atoms with van der Waals surface area (Å²) < 4.78 is 0. The second-order valence-electron chi connectivity index (χ2n) is 4.15. The van der Waals surface area contributed by atoms with Crippen LogP contribution in [0.1, 0.15) is 5.56 Å². The monoisotopic (exact) mass is 263 g/mol. The van der Waals surface area contributed by atoms with Crippen LogP contribution in [-0.4, -0.2) is 6.54 Å². The molecule has 0 saturated heterocycles. The van der Waals surface area contributed by atoms with E-state index in [-0.39, 0.29) is 0 Å². The number of hydrogen-bond acceptors (Lipinski definition) is 1. The van der Waals surface area contributed by atoms with Crippen molar-refractivity contribution >= 4 is 28.9 Å². The number of nitrogens with one attached hydrogen (secondary N) is 1. The molecule has 0 aliphatic carbocycles. The molecule has 1 aliphatic heterocycles. The van der Waals surface area contributed by atoms with Gasteiger partial charge in [0, 0.05) is 17.8 Å². The van der Waals surface area contributed by atoms with Crippen molar-refractivity contribution in [3.63, 3.8) is 0 Å². The minimum Gasteiger partial charge on any atom is -0.384 e. The lowest BCUT2D eigenvalue weighted by molar-refractivity contribution is 1.11. The number of halogens is 2. The van der Waals surface area contributed by atoms with E-state index in [0.717, 1.165) is 24.1 Å².